The van der Waals surface area contributed by atoms with Gasteiger partial charge in [-0.1, -0.05) is 0 Å². The normalized spacial score (nSPS) is 38.4. The highest BCUT2D eigenvalue weighted by atomic mass is 32.2. The van der Waals surface area contributed by atoms with Crippen LogP contribution in [0.5, 0.6) is 0 Å². The van der Waals surface area contributed by atoms with E-state index in [-0.39, 0.29) is 0 Å². The molecule has 0 aromatic rings. The molecule has 2 nitrogen and oxygen atoms in total. The lowest BCUT2D eigenvalue weighted by molar-refractivity contribution is 0.240. The first-order chi connectivity index (χ1) is 7.42. The Hall–Kier alpha value is 0.270. The minimum absolute atomic E-state index is 0.810. The van der Waals surface area contributed by atoms with Gasteiger partial charge < -0.3 is 5.32 Å². The molecule has 0 spiro atoms. The Balaban J connectivity index is 1.46. The maximum Gasteiger partial charge on any atom is 0.0209 e. The van der Waals surface area contributed by atoms with E-state index >= 15 is 0 Å². The molecule has 2 unspecified atom stereocenters. The highest BCUT2D eigenvalue weighted by Crippen LogP contribution is 2.26. The van der Waals surface area contributed by atoms with E-state index in [1.54, 1.807) is 0 Å². The molecule has 0 radical (unpaired) electrons. The van der Waals surface area contributed by atoms with Crippen molar-refractivity contribution in [2.24, 2.45) is 0 Å². The van der Waals surface area contributed by atoms with E-state index in [1.807, 2.05) is 0 Å². The van der Waals surface area contributed by atoms with Gasteiger partial charge in [-0.15, -0.1) is 0 Å². The molecule has 1 saturated carbocycles. The minimum Gasteiger partial charge on any atom is -0.310 e. The summed E-state index contributed by atoms with van der Waals surface area (Å²) in [4.78, 5) is 2.74. The third-order valence-electron chi connectivity index (χ3n) is 3.92. The fraction of sp³-hybridized carbons (Fsp3) is 1.00. The quantitative estimate of drug-likeness (QED) is 0.789. The van der Waals surface area contributed by atoms with E-state index in [9.17, 15) is 0 Å². The van der Waals surface area contributed by atoms with Gasteiger partial charge in [0.25, 0.3) is 0 Å². The summed E-state index contributed by atoms with van der Waals surface area (Å²) in [5.41, 5.74) is 0. The van der Waals surface area contributed by atoms with Crippen molar-refractivity contribution in [1.29, 1.82) is 0 Å². The zero-order valence-corrected chi connectivity index (χ0v) is 10.3. The fourth-order valence-corrected chi connectivity index (χ4v) is 4.04. The van der Waals surface area contributed by atoms with Crippen molar-refractivity contribution in [2.75, 3.05) is 24.6 Å². The lowest BCUT2D eigenvalue weighted by Crippen LogP contribution is -2.40. The van der Waals surface area contributed by atoms with Gasteiger partial charge in [0.1, 0.15) is 0 Å². The summed E-state index contributed by atoms with van der Waals surface area (Å²) in [7, 11) is 0. The second kappa shape index (κ2) is 4.64. The van der Waals surface area contributed by atoms with Crippen LogP contribution < -0.4 is 5.32 Å². The molecule has 1 N–H and O–H groups in total. The summed E-state index contributed by atoms with van der Waals surface area (Å²) in [6.07, 6.45) is 7.12. The summed E-state index contributed by atoms with van der Waals surface area (Å²) in [5, 5.41) is 3.77. The second-order valence-corrected chi connectivity index (χ2v) is 6.44. The fourth-order valence-electron chi connectivity index (χ4n) is 2.85. The SMILES string of the molecule is C1CSCC(N2CCC(NC3CC3)C2)C1. The predicted molar refractivity (Wildman–Crippen MR) is 66.5 cm³/mol. The third kappa shape index (κ3) is 2.69. The van der Waals surface area contributed by atoms with Crippen LogP contribution in [0.4, 0.5) is 0 Å². The topological polar surface area (TPSA) is 15.3 Å². The Morgan fingerprint density at radius 2 is 2.00 bits per heavy atom. The molecule has 0 aromatic heterocycles. The second-order valence-electron chi connectivity index (χ2n) is 5.29. The summed E-state index contributed by atoms with van der Waals surface area (Å²) < 4.78 is 0. The van der Waals surface area contributed by atoms with Gasteiger partial charge in [-0.3, -0.25) is 4.90 Å². The van der Waals surface area contributed by atoms with E-state index in [1.165, 1.54) is 56.7 Å². The largest absolute Gasteiger partial charge is 0.310 e. The van der Waals surface area contributed by atoms with Gasteiger partial charge in [-0.05, 0) is 37.9 Å². The molecule has 86 valence electrons. The maximum atomic E-state index is 3.77. The van der Waals surface area contributed by atoms with Crippen LogP contribution in [-0.2, 0) is 0 Å². The Morgan fingerprint density at radius 3 is 2.73 bits per heavy atom. The number of hydrogen-bond donors (Lipinski definition) is 1. The van der Waals surface area contributed by atoms with Crippen molar-refractivity contribution in [3.63, 3.8) is 0 Å². The number of likely N-dealkylation sites (tertiary alicyclic amines) is 1. The number of nitrogens with one attached hydrogen (secondary N) is 1. The Morgan fingerprint density at radius 1 is 1.07 bits per heavy atom. The van der Waals surface area contributed by atoms with Crippen LogP contribution in [0.3, 0.4) is 0 Å². The summed E-state index contributed by atoms with van der Waals surface area (Å²) in [6.45, 7) is 2.66. The van der Waals surface area contributed by atoms with E-state index < -0.39 is 0 Å². The standard InChI is InChI=1S/C12H22N2S/c1-2-12(9-15-7-1)14-6-5-11(8-14)13-10-3-4-10/h10-13H,1-9H2. The molecule has 3 rings (SSSR count). The van der Waals surface area contributed by atoms with Crippen LogP contribution in [0.2, 0.25) is 0 Å². The Labute approximate surface area is 97.2 Å². The average molecular weight is 226 g/mol. The number of hydrogen-bond acceptors (Lipinski definition) is 3. The van der Waals surface area contributed by atoms with Crippen LogP contribution in [0.1, 0.15) is 32.1 Å². The minimum atomic E-state index is 0.810. The molecular weight excluding hydrogens is 204 g/mol. The van der Waals surface area contributed by atoms with Crippen molar-refractivity contribution < 1.29 is 0 Å². The molecule has 0 bridgehead atoms. The van der Waals surface area contributed by atoms with Crippen molar-refractivity contribution in [2.45, 2.75) is 50.2 Å². The highest BCUT2D eigenvalue weighted by molar-refractivity contribution is 7.99. The van der Waals surface area contributed by atoms with E-state index in [0.717, 1.165) is 18.1 Å². The van der Waals surface area contributed by atoms with E-state index in [0.29, 0.717) is 0 Å². The molecule has 0 amide bonds. The van der Waals surface area contributed by atoms with Gasteiger partial charge in [0, 0.05) is 37.0 Å². The number of thioether (sulfide) groups is 1. The molecule has 15 heavy (non-hydrogen) atoms. The molecule has 0 aromatic carbocycles. The summed E-state index contributed by atoms with van der Waals surface area (Å²) in [5.74, 6) is 2.78. The third-order valence-corrected chi connectivity index (χ3v) is 5.12. The van der Waals surface area contributed by atoms with Crippen LogP contribution >= 0.6 is 11.8 Å². The highest BCUT2D eigenvalue weighted by Gasteiger charge is 2.32. The van der Waals surface area contributed by atoms with Crippen LogP contribution in [-0.4, -0.2) is 47.6 Å². The molecule has 1 aliphatic carbocycles. The van der Waals surface area contributed by atoms with Crippen molar-refractivity contribution >= 4 is 11.8 Å². The van der Waals surface area contributed by atoms with Crippen LogP contribution in [0.15, 0.2) is 0 Å². The van der Waals surface area contributed by atoms with Crippen molar-refractivity contribution in [1.82, 2.24) is 10.2 Å². The molecule has 3 fully saturated rings. The zero-order chi connectivity index (χ0) is 10.1. The van der Waals surface area contributed by atoms with Crippen molar-refractivity contribution in [3.05, 3.63) is 0 Å². The van der Waals surface area contributed by atoms with Gasteiger partial charge >= 0.3 is 0 Å². The lowest BCUT2D eigenvalue weighted by Gasteiger charge is -2.30. The van der Waals surface area contributed by atoms with E-state index in [4.69, 9.17) is 0 Å². The van der Waals surface area contributed by atoms with Crippen molar-refractivity contribution in [3.8, 4) is 0 Å². The lowest BCUT2D eigenvalue weighted by atomic mass is 10.1. The van der Waals surface area contributed by atoms with Crippen LogP contribution in [0.25, 0.3) is 0 Å². The molecule has 3 heteroatoms. The number of nitrogens with zero attached hydrogens (tertiary/aromatic N) is 1. The number of rotatable bonds is 3. The molecule has 2 aliphatic heterocycles. The predicted octanol–water partition coefficient (Wildman–Crippen LogP) is 1.71. The van der Waals surface area contributed by atoms with Gasteiger partial charge in [0.05, 0.1) is 0 Å². The van der Waals surface area contributed by atoms with E-state index in [2.05, 4.69) is 22.0 Å². The van der Waals surface area contributed by atoms with Gasteiger partial charge in [-0.2, -0.15) is 11.8 Å². The first kappa shape index (κ1) is 10.4. The average Bonchev–Trinajstić information content (AvgIpc) is 2.96. The van der Waals surface area contributed by atoms with Crippen LogP contribution in [0, 0.1) is 0 Å². The molecule has 2 saturated heterocycles. The monoisotopic (exact) mass is 226 g/mol. The Bertz CT molecular complexity index is 212. The first-order valence-corrected chi connectivity index (χ1v) is 7.65. The molecule has 2 atom stereocenters. The molecule has 2 heterocycles. The first-order valence-electron chi connectivity index (χ1n) is 6.49. The zero-order valence-electron chi connectivity index (χ0n) is 9.45. The van der Waals surface area contributed by atoms with Gasteiger partial charge in [-0.25, -0.2) is 0 Å². The Kier molecular flexibility index (Phi) is 3.23. The molecular formula is C12H22N2S. The van der Waals surface area contributed by atoms with Gasteiger partial charge in [0.2, 0.25) is 0 Å². The smallest absolute Gasteiger partial charge is 0.0209 e. The maximum absolute atomic E-state index is 3.77. The summed E-state index contributed by atoms with van der Waals surface area (Å²) in [6, 6.07) is 2.59. The van der Waals surface area contributed by atoms with Gasteiger partial charge in [0.15, 0.2) is 0 Å². The summed E-state index contributed by atoms with van der Waals surface area (Å²) >= 11 is 2.16. The molecule has 3 aliphatic rings.